The third kappa shape index (κ3) is 2.51. The van der Waals surface area contributed by atoms with Crippen molar-refractivity contribution >= 4 is 33.3 Å². The van der Waals surface area contributed by atoms with Crippen LogP contribution in [0.3, 0.4) is 0 Å². The van der Waals surface area contributed by atoms with Crippen LogP contribution in [0.15, 0.2) is 34.8 Å². The maximum absolute atomic E-state index is 13.2. The maximum Gasteiger partial charge on any atom is 0.418 e. The Morgan fingerprint density at radius 2 is 2.12 bits per heavy atom. The zero-order chi connectivity index (χ0) is 17.8. The number of alkyl halides is 3. The molecule has 4 rings (SSSR count). The second-order valence-corrected chi connectivity index (χ2v) is 6.28. The Morgan fingerprint density at radius 3 is 2.80 bits per heavy atom. The maximum atomic E-state index is 13.2. The largest absolute Gasteiger partial charge is 0.506 e. The number of aromatic hydroxyl groups is 1. The van der Waals surface area contributed by atoms with E-state index in [1.54, 1.807) is 18.5 Å². The van der Waals surface area contributed by atoms with E-state index in [0.717, 1.165) is 6.07 Å². The van der Waals surface area contributed by atoms with Gasteiger partial charge < -0.3 is 9.84 Å². The minimum atomic E-state index is -4.58. The summed E-state index contributed by atoms with van der Waals surface area (Å²) in [7, 11) is 0. The zero-order valence-corrected chi connectivity index (χ0v) is 13.5. The summed E-state index contributed by atoms with van der Waals surface area (Å²) in [5, 5.41) is 12.7. The van der Waals surface area contributed by atoms with Gasteiger partial charge in [-0.25, -0.2) is 9.97 Å². The Balaban J connectivity index is 2.00. The normalized spacial score (nSPS) is 18.6. The van der Waals surface area contributed by atoms with Gasteiger partial charge in [-0.2, -0.15) is 18.2 Å². The van der Waals surface area contributed by atoms with Crippen LogP contribution in [0, 0.1) is 0 Å². The number of hydrogen-bond donors (Lipinski definition) is 1. The van der Waals surface area contributed by atoms with Crippen molar-refractivity contribution in [3.05, 3.63) is 46.6 Å². The number of fused-ring (bicyclic) bond motifs is 2. The molecule has 0 spiro atoms. The number of ether oxygens (including phenoxy) is 1. The van der Waals surface area contributed by atoms with Crippen LogP contribution in [0.4, 0.5) is 18.3 Å². The highest BCUT2D eigenvalue weighted by Gasteiger charge is 2.37. The van der Waals surface area contributed by atoms with Crippen LogP contribution in [0.2, 0.25) is 0 Å². The van der Waals surface area contributed by atoms with Crippen LogP contribution < -0.4 is 0 Å². The summed E-state index contributed by atoms with van der Waals surface area (Å²) in [4.78, 5) is 12.4. The number of aromatic nitrogens is 2. The Morgan fingerprint density at radius 1 is 1.32 bits per heavy atom. The van der Waals surface area contributed by atoms with Crippen LogP contribution in [-0.4, -0.2) is 21.0 Å². The van der Waals surface area contributed by atoms with Crippen molar-refractivity contribution < 1.29 is 23.0 Å². The van der Waals surface area contributed by atoms with Crippen molar-refractivity contribution in [2.75, 3.05) is 0 Å². The first-order chi connectivity index (χ1) is 11.9. The van der Waals surface area contributed by atoms with Gasteiger partial charge >= 0.3 is 6.18 Å². The van der Waals surface area contributed by atoms with E-state index in [4.69, 9.17) is 4.74 Å². The van der Waals surface area contributed by atoms with E-state index in [9.17, 15) is 18.3 Å². The van der Waals surface area contributed by atoms with E-state index < -0.39 is 17.8 Å². The molecule has 0 fully saturated rings. The summed E-state index contributed by atoms with van der Waals surface area (Å²) in [6.45, 7) is 1.64. The molecule has 1 aliphatic heterocycles. The summed E-state index contributed by atoms with van der Waals surface area (Å²) in [5.41, 5.74) is -0.788. The van der Waals surface area contributed by atoms with E-state index >= 15 is 0 Å². The number of aliphatic imine (C=N–C) groups is 1. The number of hydrogen-bond acceptors (Lipinski definition) is 6. The summed E-state index contributed by atoms with van der Waals surface area (Å²) in [6.07, 6.45) is -3.64. The number of pyridine rings is 1. The van der Waals surface area contributed by atoms with Crippen molar-refractivity contribution in [1.29, 1.82) is 0 Å². The Kier molecular flexibility index (Phi) is 3.43. The van der Waals surface area contributed by atoms with Gasteiger partial charge in [0.1, 0.15) is 17.4 Å². The fourth-order valence-corrected chi connectivity index (χ4v) is 3.24. The summed E-state index contributed by atoms with van der Waals surface area (Å²) in [5.74, 6) is -0.229. The molecule has 0 saturated carbocycles. The van der Waals surface area contributed by atoms with Gasteiger partial charge in [-0.15, -0.1) is 11.3 Å². The van der Waals surface area contributed by atoms with Crippen LogP contribution in [0.5, 0.6) is 5.75 Å². The molecule has 3 aromatic rings. The first-order valence-corrected chi connectivity index (χ1v) is 8.12. The van der Waals surface area contributed by atoms with Crippen LogP contribution >= 0.6 is 11.3 Å². The van der Waals surface area contributed by atoms with Crippen molar-refractivity contribution in [2.45, 2.75) is 19.2 Å². The lowest BCUT2D eigenvalue weighted by molar-refractivity contribution is -0.136. The topological polar surface area (TPSA) is 67.6 Å². The highest BCUT2D eigenvalue weighted by atomic mass is 32.1. The molecule has 5 nitrogen and oxygen atoms in total. The highest BCUT2D eigenvalue weighted by Crippen LogP contribution is 2.43. The molecule has 1 N–H and O–H groups in total. The molecule has 0 radical (unpaired) electrons. The van der Waals surface area contributed by atoms with E-state index in [1.165, 1.54) is 23.5 Å². The molecule has 1 unspecified atom stereocenters. The molecule has 128 valence electrons. The molecule has 0 saturated heterocycles. The lowest BCUT2D eigenvalue weighted by atomic mass is 10.0. The third-order valence-electron chi connectivity index (χ3n) is 3.83. The van der Waals surface area contributed by atoms with Gasteiger partial charge in [0.25, 0.3) is 0 Å². The van der Waals surface area contributed by atoms with Gasteiger partial charge in [0, 0.05) is 17.0 Å². The van der Waals surface area contributed by atoms with E-state index in [-0.39, 0.29) is 33.8 Å². The van der Waals surface area contributed by atoms with E-state index in [1.807, 2.05) is 0 Å². The fraction of sp³-hybridized carbons (Fsp3) is 0.188. The molecule has 1 aliphatic rings. The van der Waals surface area contributed by atoms with Crippen molar-refractivity contribution in [3.63, 3.8) is 0 Å². The minimum Gasteiger partial charge on any atom is -0.506 e. The quantitative estimate of drug-likeness (QED) is 0.685. The van der Waals surface area contributed by atoms with Gasteiger partial charge in [-0.05, 0) is 19.1 Å². The predicted octanol–water partition coefficient (Wildman–Crippen LogP) is 4.59. The number of benzene rings is 1. The molecule has 25 heavy (non-hydrogen) atoms. The number of nitrogens with zero attached hydrogens (tertiary/aromatic N) is 3. The Labute approximate surface area is 143 Å². The molecule has 1 aromatic carbocycles. The molecule has 9 heteroatoms. The highest BCUT2D eigenvalue weighted by molar-refractivity contribution is 7.13. The Hall–Kier alpha value is -2.68. The smallest absolute Gasteiger partial charge is 0.418 e. The standard InChI is InChI=1S/C16H10F3N3O2S/c1-7-11-10(14(24-7)22-15-20-5-6-25-15)13(23)8-3-2-4-9(12(8)21-11)16(17,18)19/h2-7H,1H3,(H,21,23)/b22-14+. The first kappa shape index (κ1) is 15.8. The SMILES string of the molecule is CC1O/C(=N/c2nccs2)c2c1nc1c(C(F)(F)F)cccc1c2O. The molecule has 3 heterocycles. The van der Waals surface area contributed by atoms with Gasteiger partial charge in [0.2, 0.25) is 11.0 Å². The molecule has 0 bridgehead atoms. The number of rotatable bonds is 1. The van der Waals surface area contributed by atoms with Crippen molar-refractivity contribution in [1.82, 2.24) is 9.97 Å². The summed E-state index contributed by atoms with van der Waals surface area (Å²) >= 11 is 1.27. The van der Waals surface area contributed by atoms with Crippen molar-refractivity contribution in [2.24, 2.45) is 4.99 Å². The lowest BCUT2D eigenvalue weighted by Gasteiger charge is -2.12. The number of para-hydroxylation sites is 1. The van der Waals surface area contributed by atoms with Gasteiger partial charge in [0.05, 0.1) is 16.8 Å². The number of halogens is 3. The Bertz CT molecular complexity index is 1000. The van der Waals surface area contributed by atoms with E-state index in [2.05, 4.69) is 15.0 Å². The molecular formula is C16H10F3N3O2S. The second-order valence-electron chi connectivity index (χ2n) is 5.41. The molecule has 0 amide bonds. The first-order valence-electron chi connectivity index (χ1n) is 7.24. The average Bonchev–Trinajstić information content (AvgIpc) is 3.15. The molecule has 1 atom stereocenters. The minimum absolute atomic E-state index is 0.00175. The average molecular weight is 365 g/mol. The summed E-state index contributed by atoms with van der Waals surface area (Å²) < 4.78 is 45.3. The number of thiazole rings is 1. The summed E-state index contributed by atoms with van der Waals surface area (Å²) in [6, 6.07) is 3.55. The molecular weight excluding hydrogens is 355 g/mol. The van der Waals surface area contributed by atoms with Gasteiger partial charge in [-0.3, -0.25) is 0 Å². The van der Waals surface area contributed by atoms with Crippen molar-refractivity contribution in [3.8, 4) is 5.75 Å². The lowest BCUT2D eigenvalue weighted by Crippen LogP contribution is -2.08. The van der Waals surface area contributed by atoms with Crippen LogP contribution in [0.1, 0.15) is 29.8 Å². The van der Waals surface area contributed by atoms with Crippen LogP contribution in [-0.2, 0) is 10.9 Å². The van der Waals surface area contributed by atoms with E-state index in [0.29, 0.717) is 5.13 Å². The predicted molar refractivity (Wildman–Crippen MR) is 86.2 cm³/mol. The monoisotopic (exact) mass is 365 g/mol. The zero-order valence-electron chi connectivity index (χ0n) is 12.7. The molecule has 2 aromatic heterocycles. The van der Waals surface area contributed by atoms with Crippen LogP contribution in [0.25, 0.3) is 10.9 Å². The van der Waals surface area contributed by atoms with Gasteiger partial charge in [-0.1, -0.05) is 6.07 Å². The molecule has 0 aliphatic carbocycles. The third-order valence-corrected chi connectivity index (χ3v) is 4.49. The second kappa shape index (κ2) is 5.41. The van der Waals surface area contributed by atoms with Gasteiger partial charge in [0.15, 0.2) is 0 Å². The fourth-order valence-electron chi connectivity index (χ4n) is 2.74.